The van der Waals surface area contributed by atoms with Crippen LogP contribution in [-0.2, 0) is 7.05 Å². The highest BCUT2D eigenvalue weighted by atomic mass is 19.3. The normalized spacial score (nSPS) is 19.8. The van der Waals surface area contributed by atoms with Gasteiger partial charge in [-0.05, 0) is 42.8 Å². The maximum Gasteiger partial charge on any atom is 0.258 e. The summed E-state index contributed by atoms with van der Waals surface area (Å²) < 4.78 is 35.3. The van der Waals surface area contributed by atoms with Crippen molar-refractivity contribution in [3.05, 3.63) is 60.8 Å². The van der Waals surface area contributed by atoms with Crippen LogP contribution in [0.4, 0.5) is 26.2 Å². The number of halogens is 2. The van der Waals surface area contributed by atoms with Crippen molar-refractivity contribution in [1.29, 1.82) is 0 Å². The van der Waals surface area contributed by atoms with Crippen LogP contribution in [0.5, 0.6) is 11.5 Å². The van der Waals surface area contributed by atoms with Crippen LogP contribution in [0, 0.1) is 18.8 Å². The second-order valence-electron chi connectivity index (χ2n) is 9.63. The molecule has 9 nitrogen and oxygen atoms in total. The van der Waals surface area contributed by atoms with Crippen molar-refractivity contribution < 1.29 is 13.5 Å². The Morgan fingerprint density at radius 3 is 2.65 bits per heavy atom. The Bertz CT molecular complexity index is 1670. The summed E-state index contributed by atoms with van der Waals surface area (Å²) in [7, 11) is 1.95. The molecule has 2 aromatic carbocycles. The van der Waals surface area contributed by atoms with E-state index in [-0.39, 0.29) is 13.1 Å². The number of aromatic nitrogens is 6. The fourth-order valence-corrected chi connectivity index (χ4v) is 5.04. The first-order valence-electron chi connectivity index (χ1n) is 11.9. The quantitative estimate of drug-likeness (QED) is 0.366. The third-order valence-electron chi connectivity index (χ3n) is 7.21. The molecule has 1 aliphatic carbocycles. The average Bonchev–Trinajstić information content (AvgIpc) is 3.26. The van der Waals surface area contributed by atoms with E-state index >= 15 is 0 Å². The number of piperidine rings is 1. The van der Waals surface area contributed by atoms with E-state index in [1.807, 2.05) is 59.8 Å². The zero-order valence-electron chi connectivity index (χ0n) is 20.1. The number of benzene rings is 2. The number of anilines is 3. The summed E-state index contributed by atoms with van der Waals surface area (Å²) in [4.78, 5) is 23.8. The molecule has 3 aromatic heterocycles. The number of rotatable bonds is 5. The first-order valence-corrected chi connectivity index (χ1v) is 11.9. The Morgan fingerprint density at radius 1 is 1.00 bits per heavy atom. The van der Waals surface area contributed by atoms with Crippen LogP contribution in [0.15, 0.2) is 55.2 Å². The van der Waals surface area contributed by atoms with Gasteiger partial charge in [-0.25, -0.2) is 33.7 Å². The highest BCUT2D eigenvalue weighted by Gasteiger charge is 2.72. The summed E-state index contributed by atoms with van der Waals surface area (Å²) in [5.74, 6) is -1.41. The lowest BCUT2D eigenvalue weighted by Gasteiger charge is -2.20. The number of nitrogens with zero attached hydrogens (tertiary/aromatic N) is 7. The fourth-order valence-electron chi connectivity index (χ4n) is 5.04. The van der Waals surface area contributed by atoms with E-state index in [2.05, 4.69) is 30.2 Å². The zero-order valence-corrected chi connectivity index (χ0v) is 20.1. The monoisotopic (exact) mass is 500 g/mol. The van der Waals surface area contributed by atoms with E-state index in [1.54, 1.807) is 12.5 Å². The van der Waals surface area contributed by atoms with Gasteiger partial charge in [0.05, 0.1) is 35.4 Å². The predicted octanol–water partition coefficient (Wildman–Crippen LogP) is 4.85. The number of imidazole rings is 1. The Morgan fingerprint density at radius 2 is 1.84 bits per heavy atom. The molecule has 37 heavy (non-hydrogen) atoms. The lowest BCUT2D eigenvalue weighted by Crippen LogP contribution is -2.28. The topological polar surface area (TPSA) is 93.9 Å². The summed E-state index contributed by atoms with van der Waals surface area (Å²) in [5.41, 5.74) is 4.73. The van der Waals surface area contributed by atoms with Crippen molar-refractivity contribution in [3.63, 3.8) is 0 Å². The van der Waals surface area contributed by atoms with Gasteiger partial charge in [0.1, 0.15) is 28.9 Å². The summed E-state index contributed by atoms with van der Waals surface area (Å²) in [6.45, 7) is 2.48. The van der Waals surface area contributed by atoms with E-state index in [0.29, 0.717) is 28.5 Å². The van der Waals surface area contributed by atoms with Crippen molar-refractivity contribution in [2.45, 2.75) is 12.8 Å². The first kappa shape index (κ1) is 21.8. The van der Waals surface area contributed by atoms with Gasteiger partial charge in [0, 0.05) is 31.9 Å². The van der Waals surface area contributed by atoms with Gasteiger partial charge in [0.15, 0.2) is 5.82 Å². The number of nitrogens with one attached hydrogen (secondary N) is 1. The molecule has 5 aromatic rings. The lowest BCUT2D eigenvalue weighted by atomic mass is 10.2. The molecule has 2 fully saturated rings. The van der Waals surface area contributed by atoms with Crippen LogP contribution >= 0.6 is 0 Å². The fraction of sp³-hybridized carbons (Fsp3) is 0.269. The Balaban J connectivity index is 1.12. The number of hydrogen-bond donors (Lipinski definition) is 1. The van der Waals surface area contributed by atoms with E-state index in [1.165, 1.54) is 6.33 Å². The van der Waals surface area contributed by atoms with E-state index in [0.717, 1.165) is 28.0 Å². The van der Waals surface area contributed by atoms with Crippen LogP contribution in [0.2, 0.25) is 0 Å². The van der Waals surface area contributed by atoms with Gasteiger partial charge in [-0.2, -0.15) is 0 Å². The smallest absolute Gasteiger partial charge is 0.258 e. The minimum absolute atomic E-state index is 0.257. The summed E-state index contributed by atoms with van der Waals surface area (Å²) in [6, 6.07) is 11.6. The van der Waals surface area contributed by atoms with Gasteiger partial charge in [0.2, 0.25) is 5.95 Å². The molecule has 0 bridgehead atoms. The Kier molecular flexibility index (Phi) is 4.60. The first-order chi connectivity index (χ1) is 17.9. The second-order valence-corrected chi connectivity index (χ2v) is 9.63. The molecule has 1 saturated carbocycles. The van der Waals surface area contributed by atoms with Crippen LogP contribution < -0.4 is 15.0 Å². The molecule has 1 saturated heterocycles. The molecule has 1 aliphatic heterocycles. The maximum absolute atomic E-state index is 13.6. The van der Waals surface area contributed by atoms with Crippen LogP contribution in [0.25, 0.3) is 22.1 Å². The molecule has 4 heterocycles. The predicted molar refractivity (Wildman–Crippen MR) is 135 cm³/mol. The molecule has 7 rings (SSSR count). The van der Waals surface area contributed by atoms with Crippen molar-refractivity contribution in [1.82, 2.24) is 29.5 Å². The maximum atomic E-state index is 13.6. The van der Waals surface area contributed by atoms with Crippen LogP contribution in [0.3, 0.4) is 0 Å². The summed E-state index contributed by atoms with van der Waals surface area (Å²) in [6.07, 6.45) is 4.82. The highest BCUT2D eigenvalue weighted by molar-refractivity contribution is 5.87. The zero-order chi connectivity index (χ0) is 25.3. The summed E-state index contributed by atoms with van der Waals surface area (Å²) in [5, 5.41) is 3.31. The third kappa shape index (κ3) is 3.61. The summed E-state index contributed by atoms with van der Waals surface area (Å²) >= 11 is 0. The minimum atomic E-state index is -2.55. The highest BCUT2D eigenvalue weighted by Crippen LogP contribution is 2.59. The van der Waals surface area contributed by atoms with Crippen LogP contribution in [0.1, 0.15) is 5.56 Å². The molecule has 186 valence electrons. The van der Waals surface area contributed by atoms with Gasteiger partial charge in [0.25, 0.3) is 5.92 Å². The number of alkyl halides is 2. The van der Waals surface area contributed by atoms with Crippen molar-refractivity contribution in [2.24, 2.45) is 18.9 Å². The molecule has 0 radical (unpaired) electrons. The average molecular weight is 501 g/mol. The molecule has 2 unspecified atom stereocenters. The van der Waals surface area contributed by atoms with Crippen molar-refractivity contribution in [3.8, 4) is 11.5 Å². The molecular weight excluding hydrogens is 478 g/mol. The van der Waals surface area contributed by atoms with Gasteiger partial charge < -0.3 is 19.5 Å². The molecule has 0 amide bonds. The molecule has 11 heteroatoms. The molecular formula is C26H22F2N8O. The third-order valence-corrected chi connectivity index (χ3v) is 7.21. The lowest BCUT2D eigenvalue weighted by molar-refractivity contribution is 0.0796. The minimum Gasteiger partial charge on any atom is -0.457 e. The SMILES string of the molecule is Cc1cc(Nc2ncnc3cnc(N4CC5C(C4)C5(F)F)nc23)ccc1Oc1ccc2c(c1)ncn2C. The Labute approximate surface area is 210 Å². The van der Waals surface area contributed by atoms with E-state index < -0.39 is 17.8 Å². The molecule has 2 aliphatic rings. The van der Waals surface area contributed by atoms with Crippen molar-refractivity contribution >= 4 is 39.5 Å². The molecule has 2 atom stereocenters. The Hall–Kier alpha value is -4.41. The van der Waals surface area contributed by atoms with E-state index in [4.69, 9.17) is 4.74 Å². The van der Waals surface area contributed by atoms with Gasteiger partial charge in [-0.1, -0.05) is 0 Å². The number of hydrogen-bond acceptors (Lipinski definition) is 8. The number of aryl methyl sites for hydroxylation is 2. The van der Waals surface area contributed by atoms with Gasteiger partial charge >= 0.3 is 0 Å². The largest absolute Gasteiger partial charge is 0.457 e. The number of fused-ring (bicyclic) bond motifs is 3. The van der Waals surface area contributed by atoms with Crippen molar-refractivity contribution in [2.75, 3.05) is 23.3 Å². The standard InChI is InChI=1S/C26H22F2N8O/c1-14-7-15(3-6-22(14)37-16-4-5-21-19(8-16)32-13-35(21)2)33-24-23-20(30-12-31-24)9-29-25(34-23)36-10-17-18(11-36)26(17,27)28/h3-9,12-13,17-18H,10-11H2,1-2H3,(H,30,31,33). The number of ether oxygens (including phenoxy) is 1. The van der Waals surface area contributed by atoms with Gasteiger partial charge in [-0.3, -0.25) is 0 Å². The van der Waals surface area contributed by atoms with Gasteiger partial charge in [-0.15, -0.1) is 0 Å². The second kappa shape index (κ2) is 7.79. The van der Waals surface area contributed by atoms with E-state index in [9.17, 15) is 8.78 Å². The molecule has 1 N–H and O–H groups in total. The molecule has 0 spiro atoms. The van der Waals surface area contributed by atoms with Crippen LogP contribution in [-0.4, -0.2) is 48.5 Å².